The van der Waals surface area contributed by atoms with Gasteiger partial charge in [-0.2, -0.15) is 5.26 Å². The number of nitrogens with zero attached hydrogens (tertiary/aromatic N) is 1. The van der Waals surface area contributed by atoms with Gasteiger partial charge in [0.1, 0.15) is 29.4 Å². The van der Waals surface area contributed by atoms with Gasteiger partial charge in [-0.25, -0.2) is 8.78 Å². The normalized spacial score (nSPS) is 14.2. The van der Waals surface area contributed by atoms with E-state index in [4.69, 9.17) is 5.26 Å². The topological polar surface area (TPSA) is 64.2 Å². The standard InChI is InChI=1S/C10H8BrF2NO2/c11-3-9(15)10(16)5-1-7(12)6(4-14)8(13)2-5/h1-2,9-10,15-16H,3H2. The third kappa shape index (κ3) is 2.55. The number of hydrogen-bond donors (Lipinski definition) is 2. The van der Waals surface area contributed by atoms with Gasteiger partial charge in [0.2, 0.25) is 0 Å². The summed E-state index contributed by atoms with van der Waals surface area (Å²) >= 11 is 2.93. The van der Waals surface area contributed by atoms with Gasteiger partial charge in [-0.1, -0.05) is 15.9 Å². The molecule has 0 aromatic heterocycles. The third-order valence-corrected chi connectivity index (χ3v) is 2.70. The van der Waals surface area contributed by atoms with E-state index in [9.17, 15) is 19.0 Å². The lowest BCUT2D eigenvalue weighted by Gasteiger charge is -2.16. The highest BCUT2D eigenvalue weighted by molar-refractivity contribution is 9.09. The maximum atomic E-state index is 13.2. The lowest BCUT2D eigenvalue weighted by Crippen LogP contribution is -2.20. The monoisotopic (exact) mass is 291 g/mol. The van der Waals surface area contributed by atoms with Crippen LogP contribution in [0.1, 0.15) is 17.2 Å². The highest BCUT2D eigenvalue weighted by Gasteiger charge is 2.20. The summed E-state index contributed by atoms with van der Waals surface area (Å²) in [5, 5.41) is 27.3. The molecule has 0 fully saturated rings. The van der Waals surface area contributed by atoms with Crippen molar-refractivity contribution >= 4 is 15.9 Å². The van der Waals surface area contributed by atoms with Crippen molar-refractivity contribution in [3.63, 3.8) is 0 Å². The van der Waals surface area contributed by atoms with Crippen molar-refractivity contribution in [2.75, 3.05) is 5.33 Å². The SMILES string of the molecule is N#Cc1c(F)cc(C(O)C(O)CBr)cc1F. The number of halogens is 3. The molecule has 0 amide bonds. The van der Waals surface area contributed by atoms with Crippen molar-refractivity contribution in [3.05, 3.63) is 34.9 Å². The molecule has 0 aliphatic rings. The van der Waals surface area contributed by atoms with E-state index in [-0.39, 0.29) is 10.9 Å². The molecular formula is C10H8BrF2NO2. The highest BCUT2D eigenvalue weighted by atomic mass is 79.9. The molecule has 0 spiro atoms. The van der Waals surface area contributed by atoms with E-state index in [2.05, 4.69) is 15.9 Å². The summed E-state index contributed by atoms with van der Waals surface area (Å²) in [6.07, 6.45) is -2.58. The summed E-state index contributed by atoms with van der Waals surface area (Å²) in [4.78, 5) is 0. The predicted octanol–water partition coefficient (Wildman–Crippen LogP) is 1.63. The van der Waals surface area contributed by atoms with Crippen LogP contribution in [-0.2, 0) is 0 Å². The zero-order valence-electron chi connectivity index (χ0n) is 7.99. The highest BCUT2D eigenvalue weighted by Crippen LogP contribution is 2.22. The van der Waals surface area contributed by atoms with Gasteiger partial charge in [0.15, 0.2) is 0 Å². The molecule has 0 aliphatic carbocycles. The van der Waals surface area contributed by atoms with Crippen LogP contribution in [-0.4, -0.2) is 21.6 Å². The number of alkyl halides is 1. The van der Waals surface area contributed by atoms with E-state index < -0.39 is 29.4 Å². The van der Waals surface area contributed by atoms with Crippen molar-refractivity contribution in [3.8, 4) is 6.07 Å². The number of rotatable bonds is 3. The maximum Gasteiger partial charge on any atom is 0.144 e. The van der Waals surface area contributed by atoms with E-state index in [1.807, 2.05) is 0 Å². The maximum absolute atomic E-state index is 13.2. The molecule has 2 N–H and O–H groups in total. The first kappa shape index (κ1) is 13.0. The van der Waals surface area contributed by atoms with Crippen molar-refractivity contribution in [1.82, 2.24) is 0 Å². The second-order valence-electron chi connectivity index (χ2n) is 3.14. The summed E-state index contributed by atoms with van der Waals surface area (Å²) in [5.74, 6) is -2.11. The average Bonchev–Trinajstić information content (AvgIpc) is 2.26. The molecule has 6 heteroatoms. The van der Waals surface area contributed by atoms with E-state index in [0.29, 0.717) is 0 Å². The van der Waals surface area contributed by atoms with E-state index in [1.54, 1.807) is 0 Å². The summed E-state index contributed by atoms with van der Waals surface area (Å²) in [6, 6.07) is 3.03. The lowest BCUT2D eigenvalue weighted by molar-refractivity contribution is 0.0339. The number of nitriles is 1. The molecule has 3 nitrogen and oxygen atoms in total. The van der Waals surface area contributed by atoms with Crippen LogP contribution >= 0.6 is 15.9 Å². The Bertz CT molecular complexity index is 410. The molecule has 0 saturated heterocycles. The Labute approximate surface area is 99.1 Å². The Morgan fingerprint density at radius 2 is 1.81 bits per heavy atom. The minimum absolute atomic E-state index is 0.0669. The van der Waals surface area contributed by atoms with Crippen LogP contribution in [0.15, 0.2) is 12.1 Å². The lowest BCUT2D eigenvalue weighted by atomic mass is 10.0. The second kappa shape index (κ2) is 5.34. The molecule has 1 aromatic carbocycles. The van der Waals surface area contributed by atoms with Crippen molar-refractivity contribution < 1.29 is 19.0 Å². The fourth-order valence-electron chi connectivity index (χ4n) is 1.18. The molecule has 86 valence electrons. The number of benzene rings is 1. The fourth-order valence-corrected chi connectivity index (χ4v) is 1.53. The van der Waals surface area contributed by atoms with Gasteiger partial charge in [-0.05, 0) is 17.7 Å². The zero-order chi connectivity index (χ0) is 12.3. The Kier molecular flexibility index (Phi) is 4.35. The molecule has 1 rings (SSSR count). The Morgan fingerprint density at radius 3 is 2.19 bits per heavy atom. The van der Waals surface area contributed by atoms with E-state index >= 15 is 0 Å². The van der Waals surface area contributed by atoms with Gasteiger partial charge in [-0.15, -0.1) is 0 Å². The second-order valence-corrected chi connectivity index (χ2v) is 3.79. The van der Waals surface area contributed by atoms with Crippen LogP contribution in [0.4, 0.5) is 8.78 Å². The van der Waals surface area contributed by atoms with Crippen LogP contribution in [0.2, 0.25) is 0 Å². The van der Waals surface area contributed by atoms with Gasteiger partial charge < -0.3 is 10.2 Å². The average molecular weight is 292 g/mol. The van der Waals surface area contributed by atoms with Gasteiger partial charge in [0, 0.05) is 5.33 Å². The quantitative estimate of drug-likeness (QED) is 0.832. The van der Waals surface area contributed by atoms with Gasteiger partial charge >= 0.3 is 0 Å². The minimum atomic E-state index is -1.41. The minimum Gasteiger partial charge on any atom is -0.389 e. The van der Waals surface area contributed by atoms with E-state index in [1.165, 1.54) is 6.07 Å². The Balaban J connectivity index is 3.14. The van der Waals surface area contributed by atoms with Gasteiger partial charge in [0.25, 0.3) is 0 Å². The first-order valence-electron chi connectivity index (χ1n) is 4.32. The van der Waals surface area contributed by atoms with Crippen molar-refractivity contribution in [2.45, 2.75) is 12.2 Å². The molecule has 1 aromatic rings. The number of hydrogen-bond acceptors (Lipinski definition) is 3. The van der Waals surface area contributed by atoms with Gasteiger partial charge in [-0.3, -0.25) is 0 Å². The summed E-state index contributed by atoms with van der Waals surface area (Å²) in [6.45, 7) is 0. The van der Waals surface area contributed by atoms with E-state index in [0.717, 1.165) is 12.1 Å². The molecule has 0 heterocycles. The van der Waals surface area contributed by atoms with Crippen molar-refractivity contribution in [1.29, 1.82) is 5.26 Å². The first-order chi connectivity index (χ1) is 7.51. The number of aliphatic hydroxyl groups excluding tert-OH is 2. The molecule has 0 aliphatic heterocycles. The number of aliphatic hydroxyl groups is 2. The summed E-state index contributed by atoms with van der Waals surface area (Å²) < 4.78 is 26.3. The van der Waals surface area contributed by atoms with Crippen LogP contribution in [0.5, 0.6) is 0 Å². The summed E-state index contributed by atoms with van der Waals surface area (Å²) in [5.41, 5.74) is -0.815. The molecule has 0 radical (unpaired) electrons. The summed E-state index contributed by atoms with van der Waals surface area (Å²) in [7, 11) is 0. The molecule has 0 bridgehead atoms. The molecule has 2 unspecified atom stereocenters. The molecule has 0 saturated carbocycles. The Morgan fingerprint density at radius 1 is 1.31 bits per heavy atom. The predicted molar refractivity (Wildman–Crippen MR) is 55.8 cm³/mol. The molecule has 16 heavy (non-hydrogen) atoms. The fraction of sp³-hybridized carbons (Fsp3) is 0.300. The largest absolute Gasteiger partial charge is 0.389 e. The van der Waals surface area contributed by atoms with Crippen LogP contribution < -0.4 is 0 Å². The molecular weight excluding hydrogens is 284 g/mol. The molecule has 2 atom stereocenters. The first-order valence-corrected chi connectivity index (χ1v) is 5.44. The van der Waals surface area contributed by atoms with Crippen molar-refractivity contribution in [2.24, 2.45) is 0 Å². The smallest absolute Gasteiger partial charge is 0.144 e. The zero-order valence-corrected chi connectivity index (χ0v) is 9.58. The van der Waals surface area contributed by atoms with Crippen LogP contribution in [0.25, 0.3) is 0 Å². The Hall–Kier alpha value is -1.03. The van der Waals surface area contributed by atoms with Crippen LogP contribution in [0.3, 0.4) is 0 Å². The van der Waals surface area contributed by atoms with Gasteiger partial charge in [0.05, 0.1) is 6.10 Å². The van der Waals surface area contributed by atoms with Crippen LogP contribution in [0, 0.1) is 23.0 Å². The third-order valence-electron chi connectivity index (χ3n) is 2.04.